The summed E-state index contributed by atoms with van der Waals surface area (Å²) in [5, 5.41) is 0. The zero-order chi connectivity index (χ0) is 11.6. The molecule has 0 amide bonds. The van der Waals surface area contributed by atoms with E-state index in [9.17, 15) is 0 Å². The molecule has 88 valence electrons. The Labute approximate surface area is 96.5 Å². The molecule has 0 saturated carbocycles. The zero-order valence-corrected chi connectivity index (χ0v) is 10.0. The maximum Gasteiger partial charge on any atom is 0.105 e. The van der Waals surface area contributed by atoms with E-state index >= 15 is 0 Å². The number of aryl methyl sites for hydroxylation is 2. The first kappa shape index (κ1) is 12.5. The molecule has 0 aromatic carbocycles. The van der Waals surface area contributed by atoms with Gasteiger partial charge in [-0.05, 0) is 12.8 Å². The van der Waals surface area contributed by atoms with Gasteiger partial charge in [-0.3, -0.25) is 0 Å². The molecule has 0 aliphatic carbocycles. The van der Waals surface area contributed by atoms with Crippen molar-refractivity contribution >= 4 is 0 Å². The van der Waals surface area contributed by atoms with Crippen LogP contribution in [-0.4, -0.2) is 19.9 Å². The molecule has 2 heterocycles. The van der Waals surface area contributed by atoms with E-state index in [1.54, 1.807) is 12.4 Å². The number of hydrogen-bond acceptors (Lipinski definition) is 2. The van der Waals surface area contributed by atoms with Crippen LogP contribution in [0.5, 0.6) is 0 Å². The number of rotatable bonds is 4. The Hall–Kier alpha value is -1.58. The number of aromatic amines is 2. The fourth-order valence-electron chi connectivity index (χ4n) is 1.34. The Balaban J connectivity index is 0.000000160. The molecule has 4 heteroatoms. The third kappa shape index (κ3) is 4.77. The second-order valence-electron chi connectivity index (χ2n) is 3.57. The fourth-order valence-corrected chi connectivity index (χ4v) is 1.34. The highest BCUT2D eigenvalue weighted by Crippen LogP contribution is 1.92. The van der Waals surface area contributed by atoms with Gasteiger partial charge >= 0.3 is 0 Å². The van der Waals surface area contributed by atoms with Crippen molar-refractivity contribution in [3.63, 3.8) is 0 Å². The summed E-state index contributed by atoms with van der Waals surface area (Å²) in [7, 11) is 0. The molecule has 0 radical (unpaired) electrons. The van der Waals surface area contributed by atoms with Gasteiger partial charge in [0.15, 0.2) is 0 Å². The summed E-state index contributed by atoms with van der Waals surface area (Å²) in [6, 6.07) is 0. The molecule has 0 unspecified atom stereocenters. The molecule has 2 N–H and O–H groups in total. The fraction of sp³-hybridized carbons (Fsp3) is 0.500. The number of aromatic nitrogens is 4. The van der Waals surface area contributed by atoms with Crippen molar-refractivity contribution in [2.45, 2.75) is 39.5 Å². The smallest absolute Gasteiger partial charge is 0.105 e. The van der Waals surface area contributed by atoms with E-state index in [2.05, 4.69) is 33.8 Å². The second kappa shape index (κ2) is 7.68. The van der Waals surface area contributed by atoms with E-state index in [4.69, 9.17) is 0 Å². The molecule has 0 fully saturated rings. The van der Waals surface area contributed by atoms with Crippen molar-refractivity contribution in [3.05, 3.63) is 36.4 Å². The Morgan fingerprint density at radius 2 is 1.31 bits per heavy atom. The average Bonchev–Trinajstić information content (AvgIpc) is 2.92. The summed E-state index contributed by atoms with van der Waals surface area (Å²) in [6.07, 6.45) is 11.7. The maximum atomic E-state index is 4.05. The van der Waals surface area contributed by atoms with E-state index in [1.165, 1.54) is 0 Å². The highest BCUT2D eigenvalue weighted by atomic mass is 14.9. The number of nitrogens with one attached hydrogen (secondary N) is 2. The van der Waals surface area contributed by atoms with Gasteiger partial charge in [0.25, 0.3) is 0 Å². The second-order valence-corrected chi connectivity index (χ2v) is 3.57. The zero-order valence-electron chi connectivity index (χ0n) is 10.0. The van der Waals surface area contributed by atoms with Gasteiger partial charge in [0.05, 0.1) is 0 Å². The minimum absolute atomic E-state index is 1.06. The molecule has 0 bridgehead atoms. The summed E-state index contributed by atoms with van der Waals surface area (Å²) in [5.74, 6) is 2.18. The van der Waals surface area contributed by atoms with Gasteiger partial charge < -0.3 is 9.97 Å². The standard InChI is InChI=1S/2C6H10N2/c2*1-2-3-6-7-4-5-8-6/h2*4-5H,2-3H2,1H3,(H,7,8). The largest absolute Gasteiger partial charge is 0.349 e. The summed E-state index contributed by atoms with van der Waals surface area (Å²) >= 11 is 0. The third-order valence-electron chi connectivity index (χ3n) is 2.08. The van der Waals surface area contributed by atoms with Gasteiger partial charge in [-0.15, -0.1) is 0 Å². The molecule has 16 heavy (non-hydrogen) atoms. The van der Waals surface area contributed by atoms with Gasteiger partial charge in [0.1, 0.15) is 11.6 Å². The lowest BCUT2D eigenvalue weighted by Crippen LogP contribution is -1.83. The molecule has 0 aliphatic heterocycles. The van der Waals surface area contributed by atoms with Crippen LogP contribution < -0.4 is 0 Å². The maximum absolute atomic E-state index is 4.05. The van der Waals surface area contributed by atoms with Gasteiger partial charge in [-0.2, -0.15) is 0 Å². The van der Waals surface area contributed by atoms with Crippen LogP contribution in [0.2, 0.25) is 0 Å². The van der Waals surface area contributed by atoms with Crippen LogP contribution in [0, 0.1) is 0 Å². The van der Waals surface area contributed by atoms with Crippen LogP contribution in [0.3, 0.4) is 0 Å². The van der Waals surface area contributed by atoms with Gasteiger partial charge in [-0.25, -0.2) is 9.97 Å². The van der Waals surface area contributed by atoms with Crippen LogP contribution in [-0.2, 0) is 12.8 Å². The summed E-state index contributed by atoms with van der Waals surface area (Å²) < 4.78 is 0. The topological polar surface area (TPSA) is 57.4 Å². The van der Waals surface area contributed by atoms with E-state index in [0.29, 0.717) is 0 Å². The van der Waals surface area contributed by atoms with E-state index in [-0.39, 0.29) is 0 Å². The summed E-state index contributed by atoms with van der Waals surface area (Å²) in [4.78, 5) is 14.2. The van der Waals surface area contributed by atoms with Crippen LogP contribution >= 0.6 is 0 Å². The van der Waals surface area contributed by atoms with E-state index in [1.807, 2.05) is 12.4 Å². The lowest BCUT2D eigenvalue weighted by atomic mass is 10.3. The van der Waals surface area contributed by atoms with Crippen LogP contribution in [0.4, 0.5) is 0 Å². The van der Waals surface area contributed by atoms with Crippen LogP contribution in [0.1, 0.15) is 38.3 Å². The third-order valence-corrected chi connectivity index (χ3v) is 2.08. The van der Waals surface area contributed by atoms with Crippen molar-refractivity contribution in [1.29, 1.82) is 0 Å². The quantitative estimate of drug-likeness (QED) is 0.832. The average molecular weight is 220 g/mol. The Morgan fingerprint density at radius 1 is 0.875 bits per heavy atom. The van der Waals surface area contributed by atoms with Gasteiger partial charge in [-0.1, -0.05) is 13.8 Å². The molecular weight excluding hydrogens is 200 g/mol. The van der Waals surface area contributed by atoms with Crippen molar-refractivity contribution in [3.8, 4) is 0 Å². The number of hydrogen-bond donors (Lipinski definition) is 2. The van der Waals surface area contributed by atoms with Gasteiger partial charge in [0, 0.05) is 37.6 Å². The van der Waals surface area contributed by atoms with Crippen LogP contribution in [0.15, 0.2) is 24.8 Å². The minimum Gasteiger partial charge on any atom is -0.349 e. The normalized spacial score (nSPS) is 9.62. The van der Waals surface area contributed by atoms with E-state index in [0.717, 1.165) is 37.3 Å². The first-order chi connectivity index (χ1) is 7.86. The first-order valence-corrected chi connectivity index (χ1v) is 5.83. The van der Waals surface area contributed by atoms with Crippen molar-refractivity contribution in [1.82, 2.24) is 19.9 Å². The molecule has 4 nitrogen and oxygen atoms in total. The SMILES string of the molecule is CCCc1ncc[nH]1.CCCc1ncc[nH]1. The monoisotopic (exact) mass is 220 g/mol. The summed E-state index contributed by atoms with van der Waals surface area (Å²) in [5.41, 5.74) is 0. The molecule has 0 spiro atoms. The number of imidazole rings is 2. The molecule has 2 rings (SSSR count). The minimum atomic E-state index is 1.06. The van der Waals surface area contributed by atoms with Crippen LogP contribution in [0.25, 0.3) is 0 Å². The van der Waals surface area contributed by atoms with Crippen molar-refractivity contribution in [2.75, 3.05) is 0 Å². The van der Waals surface area contributed by atoms with Crippen molar-refractivity contribution < 1.29 is 0 Å². The Morgan fingerprint density at radius 3 is 1.56 bits per heavy atom. The lowest BCUT2D eigenvalue weighted by molar-refractivity contribution is 0.856. The Kier molecular flexibility index (Phi) is 5.99. The molecular formula is C12H20N4. The van der Waals surface area contributed by atoms with E-state index < -0.39 is 0 Å². The highest BCUT2D eigenvalue weighted by Gasteiger charge is 1.88. The molecule has 0 aliphatic rings. The molecule has 0 saturated heterocycles. The number of nitrogens with zero attached hydrogens (tertiary/aromatic N) is 2. The molecule has 0 atom stereocenters. The lowest BCUT2D eigenvalue weighted by Gasteiger charge is -1.85. The molecule has 2 aromatic rings. The number of H-pyrrole nitrogens is 2. The highest BCUT2D eigenvalue weighted by molar-refractivity contribution is 4.86. The first-order valence-electron chi connectivity index (χ1n) is 5.83. The van der Waals surface area contributed by atoms with Crippen molar-refractivity contribution in [2.24, 2.45) is 0 Å². The molecule has 2 aromatic heterocycles. The predicted octanol–water partition coefficient (Wildman–Crippen LogP) is 2.72. The predicted molar refractivity (Wildman–Crippen MR) is 65.2 cm³/mol. The summed E-state index contributed by atoms with van der Waals surface area (Å²) in [6.45, 7) is 4.28. The van der Waals surface area contributed by atoms with Gasteiger partial charge in [0.2, 0.25) is 0 Å². The Bertz CT molecular complexity index is 301.